The van der Waals surface area contributed by atoms with Crippen molar-refractivity contribution in [3.63, 3.8) is 0 Å². The maximum atomic E-state index is 13.8. The molecule has 3 aromatic rings. The van der Waals surface area contributed by atoms with Gasteiger partial charge < -0.3 is 20.1 Å². The highest BCUT2D eigenvalue weighted by atomic mass is 19.1. The second-order valence-corrected chi connectivity index (χ2v) is 7.18. The van der Waals surface area contributed by atoms with Gasteiger partial charge in [0.05, 0.1) is 18.0 Å². The molecule has 0 spiro atoms. The predicted molar refractivity (Wildman–Crippen MR) is 110 cm³/mol. The number of fused-ring (bicyclic) bond motifs is 1. The van der Waals surface area contributed by atoms with Crippen molar-refractivity contribution in [3.05, 3.63) is 70.8 Å². The van der Waals surface area contributed by atoms with Crippen LogP contribution in [0.3, 0.4) is 0 Å². The van der Waals surface area contributed by atoms with E-state index in [0.29, 0.717) is 42.1 Å². The minimum absolute atomic E-state index is 0.144. The number of aromatic nitrogens is 2. The van der Waals surface area contributed by atoms with Gasteiger partial charge in [0, 0.05) is 23.5 Å². The summed E-state index contributed by atoms with van der Waals surface area (Å²) in [5.41, 5.74) is 4.85. The summed E-state index contributed by atoms with van der Waals surface area (Å²) in [4.78, 5) is 12.3. The second kappa shape index (κ2) is 8.54. The summed E-state index contributed by atoms with van der Waals surface area (Å²) >= 11 is 0. The van der Waals surface area contributed by atoms with Crippen LogP contribution < -0.4 is 15.4 Å². The monoisotopic (exact) mass is 410 g/mol. The van der Waals surface area contributed by atoms with E-state index in [1.807, 2.05) is 48.9 Å². The molecule has 0 aliphatic carbocycles. The lowest BCUT2D eigenvalue weighted by Crippen LogP contribution is -2.30. The van der Waals surface area contributed by atoms with Crippen molar-refractivity contribution in [1.82, 2.24) is 15.1 Å². The van der Waals surface area contributed by atoms with E-state index in [-0.39, 0.29) is 18.6 Å². The number of halogens is 1. The smallest absolute Gasteiger partial charge is 0.319 e. The van der Waals surface area contributed by atoms with Crippen molar-refractivity contribution >= 4 is 11.7 Å². The minimum atomic E-state index is -0.344. The summed E-state index contributed by atoms with van der Waals surface area (Å²) in [6, 6.07) is 12.0. The van der Waals surface area contributed by atoms with Gasteiger partial charge in [-0.05, 0) is 62.2 Å². The van der Waals surface area contributed by atoms with E-state index in [2.05, 4.69) is 15.7 Å². The average molecular weight is 410 g/mol. The molecule has 2 aromatic carbocycles. The third-order valence-corrected chi connectivity index (χ3v) is 4.79. The van der Waals surface area contributed by atoms with Crippen molar-refractivity contribution in [2.45, 2.75) is 26.9 Å². The molecule has 8 heteroatoms. The largest absolute Gasteiger partial charge is 0.467 e. The number of benzene rings is 2. The van der Waals surface area contributed by atoms with Crippen LogP contribution in [0.15, 0.2) is 42.5 Å². The highest BCUT2D eigenvalue weighted by molar-refractivity contribution is 5.89. The third-order valence-electron chi connectivity index (χ3n) is 4.79. The molecule has 1 aliphatic rings. The predicted octanol–water partition coefficient (Wildman–Crippen LogP) is 3.86. The Labute approximate surface area is 173 Å². The minimum Gasteiger partial charge on any atom is -0.467 e. The Morgan fingerprint density at radius 2 is 2.10 bits per heavy atom. The molecule has 0 unspecified atom stereocenters. The highest BCUT2D eigenvalue weighted by Crippen LogP contribution is 2.29. The van der Waals surface area contributed by atoms with E-state index in [1.165, 1.54) is 12.1 Å². The molecule has 7 nitrogen and oxygen atoms in total. The first-order valence-corrected chi connectivity index (χ1v) is 9.70. The van der Waals surface area contributed by atoms with Gasteiger partial charge in [0.25, 0.3) is 0 Å². The molecule has 2 heterocycles. The summed E-state index contributed by atoms with van der Waals surface area (Å²) in [6.07, 6.45) is 0.444. The van der Waals surface area contributed by atoms with Gasteiger partial charge in [-0.25, -0.2) is 13.9 Å². The normalized spacial score (nSPS) is 12.8. The number of nitrogens with one attached hydrogen (secondary N) is 2. The van der Waals surface area contributed by atoms with Crippen LogP contribution in [0, 0.1) is 19.7 Å². The zero-order valence-corrected chi connectivity index (χ0v) is 16.9. The van der Waals surface area contributed by atoms with E-state index >= 15 is 0 Å². The van der Waals surface area contributed by atoms with Crippen LogP contribution in [0.5, 0.6) is 5.75 Å². The van der Waals surface area contributed by atoms with Crippen molar-refractivity contribution in [1.29, 1.82) is 0 Å². The molecule has 0 bridgehead atoms. The second-order valence-electron chi connectivity index (χ2n) is 7.18. The van der Waals surface area contributed by atoms with Crippen LogP contribution in [0.2, 0.25) is 0 Å². The number of amides is 2. The zero-order valence-electron chi connectivity index (χ0n) is 16.9. The number of hydrogen-bond donors (Lipinski definition) is 2. The molecule has 0 atom stereocenters. The number of carbonyl (C=O) groups excluding carboxylic acids is 1. The lowest BCUT2D eigenvalue weighted by atomic mass is 10.1. The average Bonchev–Trinajstić information content (AvgIpc) is 3.06. The Balaban J connectivity index is 1.37. The number of rotatable bonds is 5. The van der Waals surface area contributed by atoms with Gasteiger partial charge in [0.1, 0.15) is 11.6 Å². The summed E-state index contributed by atoms with van der Waals surface area (Å²) < 4.78 is 26.3. The molecule has 156 valence electrons. The van der Waals surface area contributed by atoms with Gasteiger partial charge in [-0.3, -0.25) is 0 Å². The summed E-state index contributed by atoms with van der Waals surface area (Å²) in [6.45, 7) is 4.72. The quantitative estimate of drug-likeness (QED) is 0.670. The van der Waals surface area contributed by atoms with Gasteiger partial charge in [0.2, 0.25) is 0 Å². The SMILES string of the molecule is Cc1cc(C)n(-c2cccc(NC(=O)NCCc3cc(F)cc4c3OCOC4)c2)n1. The summed E-state index contributed by atoms with van der Waals surface area (Å²) in [5.74, 6) is 0.297. The van der Waals surface area contributed by atoms with E-state index < -0.39 is 0 Å². The molecular weight excluding hydrogens is 387 g/mol. The van der Waals surface area contributed by atoms with Crippen molar-refractivity contribution in [2.75, 3.05) is 18.7 Å². The Bertz CT molecular complexity index is 1080. The molecular formula is C22H23FN4O3. The fraction of sp³-hybridized carbons (Fsp3) is 0.273. The standard InChI is InChI=1S/C22H23FN4O3/c1-14-8-15(2)27(26-14)20-5-3-4-19(11-20)25-22(28)24-7-6-16-9-18(23)10-17-12-29-13-30-21(16)17/h3-5,8-11H,6-7,12-13H2,1-2H3,(H2,24,25,28). The number of nitrogens with zero attached hydrogens (tertiary/aromatic N) is 2. The molecule has 30 heavy (non-hydrogen) atoms. The first-order chi connectivity index (χ1) is 14.5. The van der Waals surface area contributed by atoms with Crippen LogP contribution in [-0.4, -0.2) is 29.1 Å². The van der Waals surface area contributed by atoms with Crippen LogP contribution in [0.25, 0.3) is 5.69 Å². The Kier molecular flexibility index (Phi) is 5.67. The van der Waals surface area contributed by atoms with E-state index in [4.69, 9.17) is 9.47 Å². The van der Waals surface area contributed by atoms with Crippen LogP contribution >= 0.6 is 0 Å². The molecule has 2 N–H and O–H groups in total. The Hall–Kier alpha value is -3.39. The van der Waals surface area contributed by atoms with Gasteiger partial charge in [-0.15, -0.1) is 0 Å². The van der Waals surface area contributed by atoms with E-state index in [0.717, 1.165) is 17.1 Å². The number of ether oxygens (including phenoxy) is 2. The molecule has 0 saturated carbocycles. The topological polar surface area (TPSA) is 77.4 Å². The molecule has 1 aromatic heterocycles. The molecule has 4 rings (SSSR count). The molecule has 2 amide bonds. The summed E-state index contributed by atoms with van der Waals surface area (Å²) in [7, 11) is 0. The number of hydrogen-bond acceptors (Lipinski definition) is 4. The number of urea groups is 1. The van der Waals surface area contributed by atoms with Crippen LogP contribution in [-0.2, 0) is 17.8 Å². The fourth-order valence-electron chi connectivity index (χ4n) is 3.53. The molecule has 0 fully saturated rings. The van der Waals surface area contributed by atoms with Crippen LogP contribution in [0.1, 0.15) is 22.5 Å². The van der Waals surface area contributed by atoms with Crippen molar-refractivity contribution in [3.8, 4) is 11.4 Å². The zero-order chi connectivity index (χ0) is 21.1. The van der Waals surface area contributed by atoms with E-state index in [9.17, 15) is 9.18 Å². The molecule has 0 saturated heterocycles. The number of anilines is 1. The molecule has 1 aliphatic heterocycles. The third kappa shape index (κ3) is 4.44. The fourth-order valence-corrected chi connectivity index (χ4v) is 3.53. The number of carbonyl (C=O) groups is 1. The van der Waals surface area contributed by atoms with Gasteiger partial charge in [-0.2, -0.15) is 5.10 Å². The van der Waals surface area contributed by atoms with Gasteiger partial charge >= 0.3 is 6.03 Å². The van der Waals surface area contributed by atoms with E-state index in [1.54, 1.807) is 0 Å². The maximum absolute atomic E-state index is 13.8. The number of aryl methyl sites for hydroxylation is 2. The highest BCUT2D eigenvalue weighted by Gasteiger charge is 2.17. The van der Waals surface area contributed by atoms with Gasteiger partial charge in [0.15, 0.2) is 6.79 Å². The summed E-state index contributed by atoms with van der Waals surface area (Å²) in [5, 5.41) is 10.1. The Morgan fingerprint density at radius 1 is 1.23 bits per heavy atom. The van der Waals surface area contributed by atoms with Crippen molar-refractivity contribution < 1.29 is 18.7 Å². The lowest BCUT2D eigenvalue weighted by Gasteiger charge is -2.21. The lowest BCUT2D eigenvalue weighted by molar-refractivity contribution is -0.0172. The first kappa shape index (κ1) is 19.9. The Morgan fingerprint density at radius 3 is 2.90 bits per heavy atom. The first-order valence-electron chi connectivity index (χ1n) is 9.70. The molecule has 0 radical (unpaired) electrons. The van der Waals surface area contributed by atoms with Gasteiger partial charge in [-0.1, -0.05) is 6.07 Å². The van der Waals surface area contributed by atoms with Crippen LogP contribution in [0.4, 0.5) is 14.9 Å². The maximum Gasteiger partial charge on any atom is 0.319 e. The van der Waals surface area contributed by atoms with Crippen molar-refractivity contribution in [2.24, 2.45) is 0 Å².